The van der Waals surface area contributed by atoms with E-state index in [1.54, 1.807) is 0 Å². The Bertz CT molecular complexity index is 663. The Morgan fingerprint density at radius 3 is 2.57 bits per heavy atom. The number of carbonyl (C=O) groups is 1. The molecule has 2 nitrogen and oxygen atoms in total. The smallest absolute Gasteiger partial charge is 0.251 e. The van der Waals surface area contributed by atoms with E-state index in [0.29, 0.717) is 0 Å². The molecule has 120 valence electrons. The number of benzene rings is 2. The van der Waals surface area contributed by atoms with Gasteiger partial charge in [0.2, 0.25) is 0 Å². The van der Waals surface area contributed by atoms with Gasteiger partial charge in [0.15, 0.2) is 0 Å². The maximum absolute atomic E-state index is 12.4. The molecule has 2 aromatic carbocycles. The molecular weight excluding hydrogens is 282 g/mol. The normalized spacial score (nSPS) is 14.8. The lowest BCUT2D eigenvalue weighted by Gasteiger charge is -2.18. The highest BCUT2D eigenvalue weighted by Gasteiger charge is 2.14. The van der Waals surface area contributed by atoms with E-state index < -0.39 is 0 Å². The molecule has 1 N–H and O–H groups in total. The molecule has 1 amide bonds. The minimum Gasteiger partial charge on any atom is -0.350 e. The highest BCUT2D eigenvalue weighted by Crippen LogP contribution is 2.22. The summed E-state index contributed by atoms with van der Waals surface area (Å²) in [6.45, 7) is 2.08. The highest BCUT2D eigenvalue weighted by molar-refractivity contribution is 5.94. The van der Waals surface area contributed by atoms with Gasteiger partial charge >= 0.3 is 0 Å². The van der Waals surface area contributed by atoms with Gasteiger partial charge in [0.05, 0.1) is 0 Å². The number of carbonyl (C=O) groups excluding carboxylic acids is 1. The molecule has 2 aromatic rings. The molecular formula is C21H25NO. The van der Waals surface area contributed by atoms with Gasteiger partial charge in [0.25, 0.3) is 5.91 Å². The summed E-state index contributed by atoms with van der Waals surface area (Å²) in [5.74, 6) is 0.0546. The molecule has 0 aliphatic heterocycles. The molecule has 0 saturated carbocycles. The van der Waals surface area contributed by atoms with E-state index in [1.807, 2.05) is 12.1 Å². The van der Waals surface area contributed by atoms with Crippen LogP contribution in [0.1, 0.15) is 53.2 Å². The average Bonchev–Trinajstić information content (AvgIpc) is 2.60. The van der Waals surface area contributed by atoms with Gasteiger partial charge in [-0.05, 0) is 74.3 Å². The average molecular weight is 307 g/mol. The van der Waals surface area contributed by atoms with Crippen LogP contribution in [-0.4, -0.2) is 11.9 Å². The molecule has 1 aliphatic rings. The van der Waals surface area contributed by atoms with Gasteiger partial charge in [-0.2, -0.15) is 0 Å². The Morgan fingerprint density at radius 2 is 1.78 bits per heavy atom. The SMILES string of the molecule is CC(CCc1ccccc1)NC(=O)c1ccc2c(c1)CCCC2. The fourth-order valence-corrected chi connectivity index (χ4v) is 3.28. The summed E-state index contributed by atoms with van der Waals surface area (Å²) in [6, 6.07) is 16.8. The Balaban J connectivity index is 1.56. The van der Waals surface area contributed by atoms with Gasteiger partial charge < -0.3 is 5.32 Å². The minimum atomic E-state index is 0.0546. The Labute approximate surface area is 138 Å². The second-order valence-corrected chi connectivity index (χ2v) is 6.59. The van der Waals surface area contributed by atoms with Crippen molar-refractivity contribution < 1.29 is 4.79 Å². The summed E-state index contributed by atoms with van der Waals surface area (Å²) in [5, 5.41) is 3.13. The van der Waals surface area contributed by atoms with Crippen LogP contribution in [0.3, 0.4) is 0 Å². The highest BCUT2D eigenvalue weighted by atomic mass is 16.1. The summed E-state index contributed by atoms with van der Waals surface area (Å²) in [4.78, 5) is 12.4. The predicted octanol–water partition coefficient (Wildman–Crippen LogP) is 4.32. The van der Waals surface area contributed by atoms with Gasteiger partial charge in [-0.3, -0.25) is 4.79 Å². The van der Waals surface area contributed by atoms with Crippen LogP contribution < -0.4 is 5.32 Å². The van der Waals surface area contributed by atoms with E-state index in [1.165, 1.54) is 29.5 Å². The Hall–Kier alpha value is -2.09. The third-order valence-corrected chi connectivity index (χ3v) is 4.70. The van der Waals surface area contributed by atoms with Crippen LogP contribution in [0.5, 0.6) is 0 Å². The number of nitrogens with one attached hydrogen (secondary N) is 1. The van der Waals surface area contributed by atoms with Crippen LogP contribution in [0.15, 0.2) is 48.5 Å². The van der Waals surface area contributed by atoms with Crippen molar-refractivity contribution in [2.24, 2.45) is 0 Å². The zero-order valence-electron chi connectivity index (χ0n) is 13.8. The van der Waals surface area contributed by atoms with Crippen molar-refractivity contribution in [3.05, 3.63) is 70.8 Å². The van der Waals surface area contributed by atoms with Gasteiger partial charge in [-0.25, -0.2) is 0 Å². The summed E-state index contributed by atoms with van der Waals surface area (Å²) in [6.07, 6.45) is 6.73. The minimum absolute atomic E-state index is 0.0546. The third-order valence-electron chi connectivity index (χ3n) is 4.70. The monoisotopic (exact) mass is 307 g/mol. The second-order valence-electron chi connectivity index (χ2n) is 6.59. The number of amides is 1. The van der Waals surface area contributed by atoms with Crippen LogP contribution in [0, 0.1) is 0 Å². The fraction of sp³-hybridized carbons (Fsp3) is 0.381. The summed E-state index contributed by atoms with van der Waals surface area (Å²) >= 11 is 0. The lowest BCUT2D eigenvalue weighted by Crippen LogP contribution is -2.33. The van der Waals surface area contributed by atoms with Crippen molar-refractivity contribution in [1.29, 1.82) is 0 Å². The van der Waals surface area contributed by atoms with Gasteiger partial charge in [-0.1, -0.05) is 36.4 Å². The molecule has 0 bridgehead atoms. The molecule has 0 fully saturated rings. The molecule has 0 saturated heterocycles. The van der Waals surface area contributed by atoms with Crippen LogP contribution in [0.2, 0.25) is 0 Å². The summed E-state index contributed by atoms with van der Waals surface area (Å²) in [7, 11) is 0. The zero-order valence-corrected chi connectivity index (χ0v) is 13.8. The molecule has 3 rings (SSSR count). The van der Waals surface area contributed by atoms with E-state index in [-0.39, 0.29) is 11.9 Å². The molecule has 0 spiro atoms. The molecule has 0 aromatic heterocycles. The van der Waals surface area contributed by atoms with Crippen molar-refractivity contribution >= 4 is 5.91 Å². The van der Waals surface area contributed by atoms with Crippen LogP contribution in [0.4, 0.5) is 0 Å². The van der Waals surface area contributed by atoms with Crippen LogP contribution in [-0.2, 0) is 19.3 Å². The first-order valence-corrected chi connectivity index (χ1v) is 8.69. The molecule has 2 heteroatoms. The van der Waals surface area contributed by atoms with E-state index in [4.69, 9.17) is 0 Å². The zero-order chi connectivity index (χ0) is 16.1. The van der Waals surface area contributed by atoms with Crippen LogP contribution in [0.25, 0.3) is 0 Å². The van der Waals surface area contributed by atoms with Crippen molar-refractivity contribution in [1.82, 2.24) is 5.32 Å². The first-order chi connectivity index (χ1) is 11.2. The third kappa shape index (κ3) is 4.22. The predicted molar refractivity (Wildman–Crippen MR) is 94.8 cm³/mol. The van der Waals surface area contributed by atoms with E-state index >= 15 is 0 Å². The lowest BCUT2D eigenvalue weighted by molar-refractivity contribution is 0.0938. The van der Waals surface area contributed by atoms with Crippen molar-refractivity contribution in [3.63, 3.8) is 0 Å². The van der Waals surface area contributed by atoms with Crippen molar-refractivity contribution in [2.75, 3.05) is 0 Å². The van der Waals surface area contributed by atoms with E-state index in [9.17, 15) is 4.79 Å². The van der Waals surface area contributed by atoms with Gasteiger partial charge in [0, 0.05) is 11.6 Å². The molecule has 23 heavy (non-hydrogen) atoms. The standard InChI is InChI=1S/C21H25NO/c1-16(11-12-17-7-3-2-4-8-17)22-21(23)20-14-13-18-9-5-6-10-19(18)15-20/h2-4,7-8,13-16H,5-6,9-12H2,1H3,(H,22,23). The summed E-state index contributed by atoms with van der Waals surface area (Å²) in [5.41, 5.74) is 4.91. The number of hydrogen-bond donors (Lipinski definition) is 1. The van der Waals surface area contributed by atoms with Crippen molar-refractivity contribution in [2.45, 2.75) is 51.5 Å². The number of fused-ring (bicyclic) bond motifs is 1. The lowest BCUT2D eigenvalue weighted by atomic mass is 9.90. The van der Waals surface area contributed by atoms with Gasteiger partial charge in [0.1, 0.15) is 0 Å². The van der Waals surface area contributed by atoms with E-state index in [0.717, 1.165) is 31.2 Å². The van der Waals surface area contributed by atoms with Gasteiger partial charge in [-0.15, -0.1) is 0 Å². The number of rotatable bonds is 5. The fourth-order valence-electron chi connectivity index (χ4n) is 3.28. The van der Waals surface area contributed by atoms with Crippen LogP contribution >= 0.6 is 0 Å². The van der Waals surface area contributed by atoms with E-state index in [2.05, 4.69) is 48.6 Å². The first-order valence-electron chi connectivity index (χ1n) is 8.69. The second kappa shape index (κ2) is 7.45. The van der Waals surface area contributed by atoms with Crippen molar-refractivity contribution in [3.8, 4) is 0 Å². The molecule has 0 radical (unpaired) electrons. The Morgan fingerprint density at radius 1 is 1.04 bits per heavy atom. The summed E-state index contributed by atoms with van der Waals surface area (Å²) < 4.78 is 0. The molecule has 0 heterocycles. The molecule has 1 atom stereocenters. The number of hydrogen-bond acceptors (Lipinski definition) is 1. The maximum atomic E-state index is 12.4. The first kappa shape index (κ1) is 15.8. The quantitative estimate of drug-likeness (QED) is 0.876. The number of aryl methyl sites for hydroxylation is 3. The maximum Gasteiger partial charge on any atom is 0.251 e. The largest absolute Gasteiger partial charge is 0.350 e. The molecule has 1 aliphatic carbocycles. The topological polar surface area (TPSA) is 29.1 Å². The molecule has 1 unspecified atom stereocenters. The Kier molecular flexibility index (Phi) is 5.12.